The summed E-state index contributed by atoms with van der Waals surface area (Å²) < 4.78 is 0. The number of nitrogens with one attached hydrogen (secondary N) is 1. The van der Waals surface area contributed by atoms with E-state index in [0.717, 1.165) is 41.3 Å². The molecule has 0 saturated heterocycles. The molecule has 0 fully saturated rings. The molecule has 2 aromatic carbocycles. The van der Waals surface area contributed by atoms with Crippen molar-refractivity contribution in [2.24, 2.45) is 0 Å². The maximum absolute atomic E-state index is 13.4. The van der Waals surface area contributed by atoms with Crippen LogP contribution in [0.1, 0.15) is 90.3 Å². The van der Waals surface area contributed by atoms with Crippen molar-refractivity contribution < 1.29 is 4.79 Å². The fraction of sp³-hybridized carbons (Fsp3) is 0.464. The maximum atomic E-state index is 13.4. The number of anilines is 1. The third kappa shape index (κ3) is 4.85. The number of fused-ring (bicyclic) bond motifs is 1. The van der Waals surface area contributed by atoms with E-state index >= 15 is 0 Å². The van der Waals surface area contributed by atoms with Gasteiger partial charge in [0.05, 0.1) is 18.3 Å². The van der Waals surface area contributed by atoms with Crippen molar-refractivity contribution in [1.82, 2.24) is 10.2 Å². The van der Waals surface area contributed by atoms with E-state index in [1.165, 1.54) is 11.1 Å². The lowest BCUT2D eigenvalue weighted by Crippen LogP contribution is -2.27. The van der Waals surface area contributed by atoms with Gasteiger partial charge in [0, 0.05) is 16.5 Å². The number of aromatic nitrogens is 2. The third-order valence-corrected chi connectivity index (χ3v) is 7.25. The van der Waals surface area contributed by atoms with E-state index in [4.69, 9.17) is 0 Å². The fourth-order valence-corrected chi connectivity index (χ4v) is 4.11. The number of rotatable bonds is 8. The summed E-state index contributed by atoms with van der Waals surface area (Å²) in [5.74, 6) is -0.176. The SMILES string of the molecule is CCC(C(=O)Nc1ccc2cnncc2c1)c1ccc(C(C)(C)CC)cc1C(C)(C)CC. The smallest absolute Gasteiger partial charge is 0.231 e. The summed E-state index contributed by atoms with van der Waals surface area (Å²) in [7, 11) is 0. The molecule has 0 radical (unpaired) electrons. The van der Waals surface area contributed by atoms with Crippen LogP contribution in [0.5, 0.6) is 0 Å². The molecule has 1 amide bonds. The molecule has 170 valence electrons. The molecule has 0 aliphatic heterocycles. The number of hydrogen-bond donors (Lipinski definition) is 1. The van der Waals surface area contributed by atoms with Gasteiger partial charge in [-0.25, -0.2) is 0 Å². The molecule has 1 unspecified atom stereocenters. The normalized spacial score (nSPS) is 13.2. The van der Waals surface area contributed by atoms with Crippen LogP contribution in [0.25, 0.3) is 10.8 Å². The van der Waals surface area contributed by atoms with Gasteiger partial charge in [-0.2, -0.15) is 10.2 Å². The Labute approximate surface area is 192 Å². The second-order valence-electron chi connectivity index (χ2n) is 10.1. The Morgan fingerprint density at radius 1 is 0.875 bits per heavy atom. The largest absolute Gasteiger partial charge is 0.326 e. The zero-order valence-corrected chi connectivity index (χ0v) is 20.6. The predicted octanol–water partition coefficient (Wildman–Crippen LogP) is 7.14. The van der Waals surface area contributed by atoms with Gasteiger partial charge in [-0.1, -0.05) is 72.7 Å². The van der Waals surface area contributed by atoms with Crippen molar-refractivity contribution in [3.8, 4) is 0 Å². The van der Waals surface area contributed by atoms with Gasteiger partial charge in [0.15, 0.2) is 0 Å². The topological polar surface area (TPSA) is 54.9 Å². The lowest BCUT2D eigenvalue weighted by Gasteiger charge is -2.32. The van der Waals surface area contributed by atoms with Crippen LogP contribution in [0.2, 0.25) is 0 Å². The highest BCUT2D eigenvalue weighted by atomic mass is 16.1. The number of benzene rings is 2. The molecule has 0 spiro atoms. The van der Waals surface area contributed by atoms with E-state index in [9.17, 15) is 4.79 Å². The number of carbonyl (C=O) groups is 1. The summed E-state index contributed by atoms with van der Waals surface area (Å²) >= 11 is 0. The third-order valence-electron chi connectivity index (χ3n) is 7.25. The van der Waals surface area contributed by atoms with Gasteiger partial charge in [0.2, 0.25) is 5.91 Å². The summed E-state index contributed by atoms with van der Waals surface area (Å²) in [5.41, 5.74) is 4.65. The second-order valence-corrected chi connectivity index (χ2v) is 10.1. The lowest BCUT2D eigenvalue weighted by molar-refractivity contribution is -0.117. The van der Waals surface area contributed by atoms with Crippen LogP contribution in [-0.4, -0.2) is 16.1 Å². The Hall–Kier alpha value is -2.75. The minimum absolute atomic E-state index is 0.00944. The van der Waals surface area contributed by atoms with Crippen molar-refractivity contribution in [2.75, 3.05) is 5.32 Å². The molecule has 32 heavy (non-hydrogen) atoms. The number of hydrogen-bond acceptors (Lipinski definition) is 3. The molecule has 4 nitrogen and oxygen atoms in total. The molecule has 4 heteroatoms. The van der Waals surface area contributed by atoms with Gasteiger partial charge in [-0.05, 0) is 58.9 Å². The van der Waals surface area contributed by atoms with Crippen LogP contribution in [0.15, 0.2) is 48.8 Å². The van der Waals surface area contributed by atoms with E-state index < -0.39 is 0 Å². The molecule has 1 atom stereocenters. The molecular weight excluding hydrogens is 394 g/mol. The molecule has 0 aliphatic carbocycles. The van der Waals surface area contributed by atoms with Crippen LogP contribution in [0.4, 0.5) is 5.69 Å². The van der Waals surface area contributed by atoms with Gasteiger partial charge < -0.3 is 5.32 Å². The highest BCUT2D eigenvalue weighted by molar-refractivity contribution is 5.98. The van der Waals surface area contributed by atoms with E-state index in [2.05, 4.69) is 82.2 Å². The minimum Gasteiger partial charge on any atom is -0.326 e. The summed E-state index contributed by atoms with van der Waals surface area (Å²) in [4.78, 5) is 13.4. The Balaban J connectivity index is 1.99. The van der Waals surface area contributed by atoms with E-state index in [-0.39, 0.29) is 22.7 Å². The van der Waals surface area contributed by atoms with E-state index in [1.54, 1.807) is 12.4 Å². The van der Waals surface area contributed by atoms with Crippen molar-refractivity contribution >= 4 is 22.4 Å². The van der Waals surface area contributed by atoms with Crippen LogP contribution < -0.4 is 5.32 Å². The quantitative estimate of drug-likeness (QED) is 0.412. The number of amides is 1. The Morgan fingerprint density at radius 2 is 1.53 bits per heavy atom. The Kier molecular flexibility index (Phi) is 7.02. The van der Waals surface area contributed by atoms with Crippen LogP contribution in [-0.2, 0) is 15.6 Å². The van der Waals surface area contributed by atoms with Gasteiger partial charge in [0.1, 0.15) is 0 Å². The van der Waals surface area contributed by atoms with Gasteiger partial charge in [-0.15, -0.1) is 0 Å². The lowest BCUT2D eigenvalue weighted by atomic mass is 9.72. The maximum Gasteiger partial charge on any atom is 0.231 e. The number of nitrogens with zero attached hydrogens (tertiary/aromatic N) is 2. The predicted molar refractivity (Wildman–Crippen MR) is 134 cm³/mol. The minimum atomic E-state index is -0.208. The molecule has 1 aromatic heterocycles. The Morgan fingerprint density at radius 3 is 2.16 bits per heavy atom. The first-order valence-electron chi connectivity index (χ1n) is 11.8. The first-order chi connectivity index (χ1) is 15.1. The molecule has 3 rings (SSSR count). The standard InChI is InChI=1S/C28H37N3O/c1-8-23(26(32)31-22-13-11-19-17-29-30-18-20(19)15-22)24-14-12-21(27(4,5)9-2)16-25(24)28(6,7)10-3/h11-18,23H,8-10H2,1-7H3,(H,31,32). The van der Waals surface area contributed by atoms with Crippen molar-refractivity contribution in [3.63, 3.8) is 0 Å². The van der Waals surface area contributed by atoms with Gasteiger partial charge in [-0.3, -0.25) is 4.79 Å². The van der Waals surface area contributed by atoms with Gasteiger partial charge in [0.25, 0.3) is 0 Å². The summed E-state index contributed by atoms with van der Waals surface area (Å²) in [5, 5.41) is 13.0. The zero-order valence-electron chi connectivity index (χ0n) is 20.6. The molecule has 0 aliphatic rings. The summed E-state index contributed by atoms with van der Waals surface area (Å²) in [6, 6.07) is 12.6. The second kappa shape index (κ2) is 9.40. The van der Waals surface area contributed by atoms with Crippen LogP contribution in [0.3, 0.4) is 0 Å². The van der Waals surface area contributed by atoms with Crippen molar-refractivity contribution in [3.05, 3.63) is 65.5 Å². The van der Waals surface area contributed by atoms with Crippen molar-refractivity contribution in [1.29, 1.82) is 0 Å². The van der Waals surface area contributed by atoms with E-state index in [0.29, 0.717) is 0 Å². The zero-order chi connectivity index (χ0) is 23.5. The molecule has 3 aromatic rings. The first-order valence-corrected chi connectivity index (χ1v) is 11.8. The van der Waals surface area contributed by atoms with Crippen LogP contribution in [0, 0.1) is 0 Å². The number of carbonyl (C=O) groups excluding carboxylic acids is 1. The molecule has 1 N–H and O–H groups in total. The monoisotopic (exact) mass is 431 g/mol. The summed E-state index contributed by atoms with van der Waals surface area (Å²) in [6.07, 6.45) is 6.28. The van der Waals surface area contributed by atoms with Crippen molar-refractivity contribution in [2.45, 2.75) is 84.5 Å². The summed E-state index contributed by atoms with van der Waals surface area (Å²) in [6.45, 7) is 15.7. The molecule has 0 bridgehead atoms. The average Bonchev–Trinajstić information content (AvgIpc) is 2.79. The van der Waals surface area contributed by atoms with E-state index in [1.807, 2.05) is 18.2 Å². The molecule has 0 saturated carbocycles. The Bertz CT molecular complexity index is 1100. The molecule has 1 heterocycles. The van der Waals surface area contributed by atoms with Gasteiger partial charge >= 0.3 is 0 Å². The molecular formula is C28H37N3O. The average molecular weight is 432 g/mol. The van der Waals surface area contributed by atoms with Crippen LogP contribution >= 0.6 is 0 Å². The highest BCUT2D eigenvalue weighted by Gasteiger charge is 2.30. The first kappa shape index (κ1) is 23.9. The fourth-order valence-electron chi connectivity index (χ4n) is 4.11. The highest BCUT2D eigenvalue weighted by Crippen LogP contribution is 2.39.